The molecule has 2 amide bonds. The van der Waals surface area contributed by atoms with Gasteiger partial charge in [-0.05, 0) is 31.5 Å². The van der Waals surface area contributed by atoms with Gasteiger partial charge in [-0.25, -0.2) is 0 Å². The molecule has 3 N–H and O–H groups in total. The molecule has 0 saturated carbocycles. The molecule has 1 atom stereocenters. The van der Waals surface area contributed by atoms with Gasteiger partial charge in [0.25, 0.3) is 5.91 Å². The first-order valence-electron chi connectivity index (χ1n) is 7.78. The van der Waals surface area contributed by atoms with Crippen LogP contribution in [-0.2, 0) is 10.4 Å². The van der Waals surface area contributed by atoms with Crippen LogP contribution in [0, 0.1) is 6.92 Å². The first kappa shape index (κ1) is 17.7. The summed E-state index contributed by atoms with van der Waals surface area (Å²) in [6, 6.07) is 16.3. The van der Waals surface area contributed by atoms with Gasteiger partial charge in [0.1, 0.15) is 5.60 Å². The molecule has 126 valence electrons. The van der Waals surface area contributed by atoms with Crippen LogP contribution in [-0.4, -0.2) is 30.0 Å². The maximum Gasteiger partial charge on any atom is 0.251 e. The largest absolute Gasteiger partial charge is 0.384 e. The minimum Gasteiger partial charge on any atom is -0.384 e. The van der Waals surface area contributed by atoms with Crippen molar-refractivity contribution in [1.82, 2.24) is 10.6 Å². The van der Waals surface area contributed by atoms with Crippen molar-refractivity contribution >= 4 is 11.8 Å². The van der Waals surface area contributed by atoms with Crippen LogP contribution >= 0.6 is 0 Å². The number of carbonyl (C=O) groups is 2. The third-order valence-corrected chi connectivity index (χ3v) is 3.72. The van der Waals surface area contributed by atoms with Gasteiger partial charge in [0.05, 0.1) is 13.1 Å². The normalized spacial score (nSPS) is 13.0. The molecule has 2 aromatic rings. The van der Waals surface area contributed by atoms with E-state index in [2.05, 4.69) is 10.6 Å². The molecular formula is C19H22N2O3. The Hall–Kier alpha value is -2.66. The van der Waals surface area contributed by atoms with E-state index in [1.807, 2.05) is 31.2 Å². The lowest BCUT2D eigenvalue weighted by atomic mass is 9.96. The van der Waals surface area contributed by atoms with Crippen molar-refractivity contribution in [3.8, 4) is 0 Å². The van der Waals surface area contributed by atoms with Gasteiger partial charge in [0.15, 0.2) is 0 Å². The van der Waals surface area contributed by atoms with E-state index in [4.69, 9.17) is 0 Å². The van der Waals surface area contributed by atoms with Crippen molar-refractivity contribution in [3.05, 3.63) is 71.3 Å². The third kappa shape index (κ3) is 4.93. The minimum absolute atomic E-state index is 0.0656. The number of aryl methyl sites for hydroxylation is 1. The summed E-state index contributed by atoms with van der Waals surface area (Å²) in [5, 5.41) is 15.6. The molecule has 0 bridgehead atoms. The smallest absolute Gasteiger partial charge is 0.251 e. The van der Waals surface area contributed by atoms with Gasteiger partial charge in [-0.3, -0.25) is 9.59 Å². The van der Waals surface area contributed by atoms with Crippen molar-refractivity contribution in [2.75, 3.05) is 13.1 Å². The highest BCUT2D eigenvalue weighted by Crippen LogP contribution is 2.18. The first-order valence-corrected chi connectivity index (χ1v) is 7.78. The molecule has 0 aliphatic heterocycles. The molecule has 2 rings (SSSR count). The standard InChI is InChI=1S/C19H22N2O3/c1-14-7-6-8-15(11-14)18(23)20-12-17(22)21-13-19(2,24)16-9-4-3-5-10-16/h3-11,24H,12-13H2,1-2H3,(H,20,23)(H,21,22). The van der Waals surface area contributed by atoms with Gasteiger partial charge in [0, 0.05) is 5.56 Å². The molecule has 1 unspecified atom stereocenters. The molecule has 0 fully saturated rings. The number of rotatable bonds is 6. The zero-order valence-corrected chi connectivity index (χ0v) is 13.9. The quantitative estimate of drug-likeness (QED) is 0.757. The van der Waals surface area contributed by atoms with Crippen molar-refractivity contribution in [2.45, 2.75) is 19.4 Å². The third-order valence-electron chi connectivity index (χ3n) is 3.72. The maximum atomic E-state index is 12.0. The Morgan fingerprint density at radius 1 is 1.04 bits per heavy atom. The number of nitrogens with one attached hydrogen (secondary N) is 2. The molecule has 2 aromatic carbocycles. The monoisotopic (exact) mass is 326 g/mol. The Kier molecular flexibility index (Phi) is 5.71. The van der Waals surface area contributed by atoms with Crippen LogP contribution in [0.4, 0.5) is 0 Å². The zero-order valence-electron chi connectivity index (χ0n) is 13.9. The summed E-state index contributed by atoms with van der Waals surface area (Å²) >= 11 is 0. The summed E-state index contributed by atoms with van der Waals surface area (Å²) in [6.07, 6.45) is 0. The molecular weight excluding hydrogens is 304 g/mol. The summed E-state index contributed by atoms with van der Waals surface area (Å²) in [4.78, 5) is 23.9. The predicted octanol–water partition coefficient (Wildman–Crippen LogP) is 1.75. The van der Waals surface area contributed by atoms with Crippen LogP contribution in [0.15, 0.2) is 54.6 Å². The fourth-order valence-electron chi connectivity index (χ4n) is 2.28. The number of amides is 2. The zero-order chi connectivity index (χ0) is 17.6. The minimum atomic E-state index is -1.17. The van der Waals surface area contributed by atoms with Gasteiger partial charge in [-0.2, -0.15) is 0 Å². The molecule has 0 aliphatic carbocycles. The average molecular weight is 326 g/mol. The first-order chi connectivity index (χ1) is 11.4. The maximum absolute atomic E-state index is 12.0. The highest BCUT2D eigenvalue weighted by atomic mass is 16.3. The summed E-state index contributed by atoms with van der Waals surface area (Å²) in [5.41, 5.74) is 1.04. The summed E-state index contributed by atoms with van der Waals surface area (Å²) in [7, 11) is 0. The summed E-state index contributed by atoms with van der Waals surface area (Å²) < 4.78 is 0. The molecule has 5 nitrogen and oxygen atoms in total. The van der Waals surface area contributed by atoms with Crippen LogP contribution in [0.2, 0.25) is 0 Å². The van der Waals surface area contributed by atoms with E-state index in [0.717, 1.165) is 5.56 Å². The van der Waals surface area contributed by atoms with Crippen molar-refractivity contribution in [3.63, 3.8) is 0 Å². The molecule has 0 heterocycles. The second-order valence-electron chi connectivity index (χ2n) is 5.97. The highest BCUT2D eigenvalue weighted by Gasteiger charge is 2.23. The lowest BCUT2D eigenvalue weighted by Crippen LogP contribution is -2.43. The van der Waals surface area contributed by atoms with E-state index in [0.29, 0.717) is 11.1 Å². The predicted molar refractivity (Wildman–Crippen MR) is 92.5 cm³/mol. The topological polar surface area (TPSA) is 78.4 Å². The van der Waals surface area contributed by atoms with Crippen LogP contribution in [0.1, 0.15) is 28.4 Å². The van der Waals surface area contributed by atoms with E-state index in [1.54, 1.807) is 37.3 Å². The van der Waals surface area contributed by atoms with E-state index >= 15 is 0 Å². The van der Waals surface area contributed by atoms with Gasteiger partial charge in [-0.1, -0.05) is 48.0 Å². The molecule has 0 saturated heterocycles. The van der Waals surface area contributed by atoms with Crippen LogP contribution < -0.4 is 10.6 Å². The van der Waals surface area contributed by atoms with E-state index in [-0.39, 0.29) is 24.9 Å². The second-order valence-corrected chi connectivity index (χ2v) is 5.97. The molecule has 0 aliphatic rings. The molecule has 0 radical (unpaired) electrons. The Morgan fingerprint density at radius 2 is 1.75 bits per heavy atom. The Bertz CT molecular complexity index is 712. The van der Waals surface area contributed by atoms with Gasteiger partial charge in [-0.15, -0.1) is 0 Å². The second kappa shape index (κ2) is 7.75. The van der Waals surface area contributed by atoms with Crippen molar-refractivity contribution < 1.29 is 14.7 Å². The Morgan fingerprint density at radius 3 is 2.42 bits per heavy atom. The lowest BCUT2D eigenvalue weighted by molar-refractivity contribution is -0.121. The highest BCUT2D eigenvalue weighted by molar-refractivity contribution is 5.96. The van der Waals surface area contributed by atoms with E-state index in [1.165, 1.54) is 0 Å². The Balaban J connectivity index is 1.82. The number of hydrogen-bond acceptors (Lipinski definition) is 3. The van der Waals surface area contributed by atoms with Gasteiger partial charge in [0.2, 0.25) is 5.91 Å². The van der Waals surface area contributed by atoms with Gasteiger partial charge >= 0.3 is 0 Å². The fraction of sp³-hybridized carbons (Fsp3) is 0.263. The SMILES string of the molecule is Cc1cccc(C(=O)NCC(=O)NCC(C)(O)c2ccccc2)c1. The Labute approximate surface area is 141 Å². The van der Waals surface area contributed by atoms with Crippen molar-refractivity contribution in [1.29, 1.82) is 0 Å². The number of hydrogen-bond donors (Lipinski definition) is 3. The average Bonchev–Trinajstić information content (AvgIpc) is 2.58. The van der Waals surface area contributed by atoms with Crippen LogP contribution in [0.5, 0.6) is 0 Å². The number of carbonyl (C=O) groups excluding carboxylic acids is 2. The summed E-state index contributed by atoms with van der Waals surface area (Å²) in [5.74, 6) is -0.657. The van der Waals surface area contributed by atoms with Gasteiger partial charge < -0.3 is 15.7 Å². The number of aliphatic hydroxyl groups is 1. The molecule has 5 heteroatoms. The molecule has 0 aromatic heterocycles. The lowest BCUT2D eigenvalue weighted by Gasteiger charge is -2.24. The molecule has 0 spiro atoms. The summed E-state index contributed by atoms with van der Waals surface area (Å²) in [6.45, 7) is 3.46. The fourth-order valence-corrected chi connectivity index (χ4v) is 2.28. The van der Waals surface area contributed by atoms with E-state index in [9.17, 15) is 14.7 Å². The number of benzene rings is 2. The molecule has 24 heavy (non-hydrogen) atoms. The van der Waals surface area contributed by atoms with E-state index < -0.39 is 5.60 Å². The van der Waals surface area contributed by atoms with Crippen LogP contribution in [0.3, 0.4) is 0 Å². The van der Waals surface area contributed by atoms with Crippen LogP contribution in [0.25, 0.3) is 0 Å². The van der Waals surface area contributed by atoms with Crippen molar-refractivity contribution in [2.24, 2.45) is 0 Å².